The van der Waals surface area contributed by atoms with Gasteiger partial charge in [0.15, 0.2) is 0 Å². The second kappa shape index (κ2) is 9.23. The molecule has 3 atom stereocenters. The van der Waals surface area contributed by atoms with Crippen LogP contribution in [0.5, 0.6) is 0 Å². The Morgan fingerprint density at radius 1 is 1.24 bits per heavy atom. The van der Waals surface area contributed by atoms with Crippen LogP contribution in [0.4, 0.5) is 4.79 Å². The van der Waals surface area contributed by atoms with E-state index < -0.39 is 0 Å². The molecule has 29 heavy (non-hydrogen) atoms. The third-order valence-electron chi connectivity index (χ3n) is 5.65. The molecule has 2 N–H and O–H groups in total. The van der Waals surface area contributed by atoms with Gasteiger partial charge in [0.1, 0.15) is 6.54 Å². The molecule has 3 heterocycles. The van der Waals surface area contributed by atoms with E-state index in [4.69, 9.17) is 0 Å². The minimum absolute atomic E-state index is 0.0436. The predicted octanol–water partition coefficient (Wildman–Crippen LogP) is 0.134. The van der Waals surface area contributed by atoms with Gasteiger partial charge in [-0.1, -0.05) is 19.1 Å². The van der Waals surface area contributed by atoms with Crippen LogP contribution in [0.25, 0.3) is 0 Å². The van der Waals surface area contributed by atoms with Gasteiger partial charge < -0.3 is 20.4 Å². The highest BCUT2D eigenvalue weighted by atomic mass is 16.2. The zero-order valence-corrected chi connectivity index (χ0v) is 17.4. The van der Waals surface area contributed by atoms with Crippen molar-refractivity contribution in [2.24, 2.45) is 5.92 Å². The number of hydrogen-bond donors (Lipinski definition) is 2. The molecule has 0 radical (unpaired) electrons. The number of carbonyl (C=O) groups is 3. The molecular weight excluding hydrogens is 374 g/mol. The van der Waals surface area contributed by atoms with E-state index in [1.54, 1.807) is 9.58 Å². The van der Waals surface area contributed by atoms with Gasteiger partial charge in [-0.25, -0.2) is 4.79 Å². The highest BCUT2D eigenvalue weighted by Crippen LogP contribution is 2.35. The number of hydrogen-bond acceptors (Lipinski definition) is 5. The lowest BCUT2D eigenvalue weighted by atomic mass is 9.96. The fraction of sp³-hybridized carbons (Fsp3) is 0.737. The van der Waals surface area contributed by atoms with Gasteiger partial charge in [-0.15, -0.1) is 5.10 Å². The van der Waals surface area contributed by atoms with Crippen molar-refractivity contribution in [3.63, 3.8) is 0 Å². The summed E-state index contributed by atoms with van der Waals surface area (Å²) in [6, 6.07) is -0.437. The van der Waals surface area contributed by atoms with Crippen molar-refractivity contribution in [1.82, 2.24) is 35.4 Å². The maximum Gasteiger partial charge on any atom is 0.317 e. The standard InChI is InChI=1S/C19H31N7O3/c1-4-6-21-19(29)24-11-14-9-15(16(5-2)26(14)17(27)12-24)18(28)20-7-8-25-10-13(3)22-23-25/h10,14-16H,4-9,11-12H2,1-3H3,(H,20,28)(H,21,29)/t14-,15-,16-/m0/s1. The number of nitrogens with one attached hydrogen (secondary N) is 2. The van der Waals surface area contributed by atoms with Crippen LogP contribution in [-0.2, 0) is 16.1 Å². The van der Waals surface area contributed by atoms with E-state index in [0.29, 0.717) is 39.0 Å². The van der Waals surface area contributed by atoms with Crippen molar-refractivity contribution >= 4 is 17.8 Å². The van der Waals surface area contributed by atoms with E-state index in [1.165, 1.54) is 0 Å². The molecule has 1 aromatic rings. The second-order valence-corrected chi connectivity index (χ2v) is 7.80. The number of aryl methyl sites for hydroxylation is 1. The summed E-state index contributed by atoms with van der Waals surface area (Å²) in [7, 11) is 0. The van der Waals surface area contributed by atoms with Crippen molar-refractivity contribution in [3.05, 3.63) is 11.9 Å². The van der Waals surface area contributed by atoms with Gasteiger partial charge in [0.05, 0.1) is 24.2 Å². The molecule has 0 aliphatic carbocycles. The molecular formula is C19H31N7O3. The zero-order chi connectivity index (χ0) is 21.0. The largest absolute Gasteiger partial charge is 0.354 e. The molecule has 0 aromatic carbocycles. The van der Waals surface area contributed by atoms with E-state index in [1.807, 2.05) is 31.9 Å². The van der Waals surface area contributed by atoms with Crippen molar-refractivity contribution < 1.29 is 14.4 Å². The summed E-state index contributed by atoms with van der Waals surface area (Å²) in [5.74, 6) is -0.379. The molecule has 2 aliphatic rings. The van der Waals surface area contributed by atoms with Crippen LogP contribution in [0.15, 0.2) is 6.20 Å². The van der Waals surface area contributed by atoms with Crippen LogP contribution in [0, 0.1) is 12.8 Å². The predicted molar refractivity (Wildman–Crippen MR) is 106 cm³/mol. The molecule has 2 aliphatic heterocycles. The number of urea groups is 1. The van der Waals surface area contributed by atoms with Gasteiger partial charge in [0.2, 0.25) is 11.8 Å². The number of amides is 4. The number of rotatable bonds is 7. The Morgan fingerprint density at radius 3 is 2.69 bits per heavy atom. The summed E-state index contributed by atoms with van der Waals surface area (Å²) in [5, 5.41) is 13.7. The highest BCUT2D eigenvalue weighted by molar-refractivity contribution is 5.88. The van der Waals surface area contributed by atoms with Gasteiger partial charge in [-0.3, -0.25) is 14.3 Å². The summed E-state index contributed by atoms with van der Waals surface area (Å²) in [4.78, 5) is 41.3. The van der Waals surface area contributed by atoms with Crippen LogP contribution in [0.3, 0.4) is 0 Å². The maximum absolute atomic E-state index is 12.8. The number of carbonyl (C=O) groups excluding carboxylic acids is 3. The van der Waals surface area contributed by atoms with E-state index in [9.17, 15) is 14.4 Å². The van der Waals surface area contributed by atoms with Crippen LogP contribution in [0.1, 0.15) is 38.8 Å². The van der Waals surface area contributed by atoms with Gasteiger partial charge >= 0.3 is 6.03 Å². The number of piperazine rings is 1. The van der Waals surface area contributed by atoms with Gasteiger partial charge in [0, 0.05) is 31.9 Å². The first-order chi connectivity index (χ1) is 13.9. The average molecular weight is 406 g/mol. The lowest BCUT2D eigenvalue weighted by molar-refractivity contribution is -0.139. The Hall–Kier alpha value is -2.65. The first-order valence-electron chi connectivity index (χ1n) is 10.4. The quantitative estimate of drug-likeness (QED) is 0.670. The molecule has 1 aromatic heterocycles. The Bertz CT molecular complexity index is 750. The molecule has 0 spiro atoms. The van der Waals surface area contributed by atoms with E-state index in [-0.39, 0.29) is 42.4 Å². The minimum atomic E-state index is -0.259. The number of aromatic nitrogens is 3. The molecule has 0 bridgehead atoms. The first kappa shape index (κ1) is 21.1. The normalized spacial score (nSPS) is 23.8. The van der Waals surface area contributed by atoms with Crippen molar-refractivity contribution in [1.29, 1.82) is 0 Å². The molecule has 0 unspecified atom stereocenters. The first-order valence-corrected chi connectivity index (χ1v) is 10.4. The molecule has 4 amide bonds. The van der Waals surface area contributed by atoms with Crippen LogP contribution in [-0.4, -0.2) is 80.9 Å². The average Bonchev–Trinajstić information content (AvgIpc) is 3.29. The van der Waals surface area contributed by atoms with Crippen molar-refractivity contribution in [3.8, 4) is 0 Å². The fourth-order valence-electron chi connectivity index (χ4n) is 4.33. The van der Waals surface area contributed by atoms with Gasteiger partial charge in [0.25, 0.3) is 0 Å². The SMILES string of the molecule is CCCNC(=O)N1CC(=O)N2[C@@H](C[C@H](C(=O)NCCn3cc(C)nn3)[C@@H]2CC)C1. The summed E-state index contributed by atoms with van der Waals surface area (Å²) in [6.45, 7) is 7.99. The van der Waals surface area contributed by atoms with Crippen LogP contribution < -0.4 is 10.6 Å². The highest BCUT2D eigenvalue weighted by Gasteiger charge is 2.49. The Kier molecular flexibility index (Phi) is 6.71. The van der Waals surface area contributed by atoms with Crippen molar-refractivity contribution in [2.75, 3.05) is 26.2 Å². The fourth-order valence-corrected chi connectivity index (χ4v) is 4.33. The third-order valence-corrected chi connectivity index (χ3v) is 5.65. The summed E-state index contributed by atoms with van der Waals surface area (Å²) < 4.78 is 1.70. The topological polar surface area (TPSA) is 112 Å². The third kappa shape index (κ3) is 4.68. The zero-order valence-electron chi connectivity index (χ0n) is 17.4. The Balaban J connectivity index is 1.59. The lowest BCUT2D eigenvalue weighted by Gasteiger charge is -2.39. The number of fused-ring (bicyclic) bond motifs is 1. The maximum atomic E-state index is 12.8. The van der Waals surface area contributed by atoms with Crippen LogP contribution >= 0.6 is 0 Å². The van der Waals surface area contributed by atoms with Gasteiger partial charge in [-0.2, -0.15) is 0 Å². The molecule has 2 saturated heterocycles. The number of nitrogens with zero attached hydrogens (tertiary/aromatic N) is 5. The lowest BCUT2D eigenvalue weighted by Crippen LogP contribution is -2.59. The minimum Gasteiger partial charge on any atom is -0.354 e. The van der Waals surface area contributed by atoms with E-state index >= 15 is 0 Å². The second-order valence-electron chi connectivity index (χ2n) is 7.80. The molecule has 10 nitrogen and oxygen atoms in total. The monoisotopic (exact) mass is 405 g/mol. The molecule has 0 saturated carbocycles. The Morgan fingerprint density at radius 2 is 2.03 bits per heavy atom. The van der Waals surface area contributed by atoms with Crippen LogP contribution in [0.2, 0.25) is 0 Å². The van der Waals surface area contributed by atoms with Gasteiger partial charge in [-0.05, 0) is 26.2 Å². The molecule has 160 valence electrons. The summed E-state index contributed by atoms with van der Waals surface area (Å²) >= 11 is 0. The summed E-state index contributed by atoms with van der Waals surface area (Å²) in [6.07, 6.45) is 3.96. The molecule has 2 fully saturated rings. The molecule has 10 heteroatoms. The van der Waals surface area contributed by atoms with E-state index in [0.717, 1.165) is 12.1 Å². The van der Waals surface area contributed by atoms with E-state index in [2.05, 4.69) is 20.9 Å². The Labute approximate surface area is 171 Å². The smallest absolute Gasteiger partial charge is 0.317 e. The molecule has 3 rings (SSSR count). The summed E-state index contributed by atoms with van der Waals surface area (Å²) in [5.41, 5.74) is 0.834. The van der Waals surface area contributed by atoms with Crippen molar-refractivity contribution in [2.45, 2.75) is 58.7 Å².